The summed E-state index contributed by atoms with van der Waals surface area (Å²) in [5.74, 6) is -0.144. The van der Waals surface area contributed by atoms with Crippen molar-refractivity contribution in [3.8, 4) is 0 Å². The molecule has 0 aromatic heterocycles. The normalized spacial score (nSPS) is 11.7. The molecule has 0 saturated heterocycles. The number of hydrazine groups is 1. The summed E-state index contributed by atoms with van der Waals surface area (Å²) in [4.78, 5) is 12.3. The average Bonchev–Trinajstić information content (AvgIpc) is 2.48. The molecule has 0 aliphatic heterocycles. The van der Waals surface area contributed by atoms with Gasteiger partial charge in [0.15, 0.2) is 0 Å². The lowest BCUT2D eigenvalue weighted by Gasteiger charge is -2.17. The van der Waals surface area contributed by atoms with Crippen molar-refractivity contribution in [2.45, 2.75) is 26.2 Å². The quantitative estimate of drug-likeness (QED) is 0.813. The number of anilines is 1. The molecule has 0 spiro atoms. The van der Waals surface area contributed by atoms with Gasteiger partial charge in [-0.2, -0.15) is 0 Å². The zero-order valence-corrected chi connectivity index (χ0v) is 11.9. The van der Waals surface area contributed by atoms with Gasteiger partial charge < -0.3 is 0 Å². The number of aryl methyl sites for hydroxylation is 1. The minimum atomic E-state index is -0.132. The highest BCUT2D eigenvalue weighted by atomic mass is 16.2. The number of para-hydroxylation sites is 1. The molecule has 1 amide bonds. The first-order valence-electron chi connectivity index (χ1n) is 6.88. The molecule has 2 N–H and O–H groups in total. The lowest BCUT2D eigenvalue weighted by atomic mass is 9.96. The Kier molecular flexibility index (Phi) is 4.77. The Labute approximate surface area is 120 Å². The first-order valence-corrected chi connectivity index (χ1v) is 6.88. The van der Waals surface area contributed by atoms with Gasteiger partial charge in [-0.3, -0.25) is 15.6 Å². The van der Waals surface area contributed by atoms with E-state index < -0.39 is 0 Å². The molecule has 3 heteroatoms. The third-order valence-corrected chi connectivity index (χ3v) is 3.39. The van der Waals surface area contributed by atoms with Gasteiger partial charge in [0.1, 0.15) is 0 Å². The van der Waals surface area contributed by atoms with E-state index in [0.29, 0.717) is 0 Å². The number of benzene rings is 2. The van der Waals surface area contributed by atoms with Gasteiger partial charge in [0.05, 0.1) is 11.6 Å². The Morgan fingerprint density at radius 2 is 1.70 bits per heavy atom. The van der Waals surface area contributed by atoms with E-state index in [4.69, 9.17) is 0 Å². The second-order valence-corrected chi connectivity index (χ2v) is 4.80. The summed E-state index contributed by atoms with van der Waals surface area (Å²) in [6.07, 6.45) is 0.769. The summed E-state index contributed by atoms with van der Waals surface area (Å²) in [5, 5.41) is 0. The van der Waals surface area contributed by atoms with Crippen molar-refractivity contribution in [2.24, 2.45) is 0 Å². The van der Waals surface area contributed by atoms with Crippen molar-refractivity contribution >= 4 is 11.6 Å². The summed E-state index contributed by atoms with van der Waals surface area (Å²) in [7, 11) is 0. The molecule has 1 atom stereocenters. The average molecular weight is 268 g/mol. The van der Waals surface area contributed by atoms with Crippen LogP contribution in [0, 0.1) is 6.92 Å². The Balaban J connectivity index is 2.02. The third kappa shape index (κ3) is 3.38. The van der Waals surface area contributed by atoms with Crippen LogP contribution in [-0.2, 0) is 4.79 Å². The predicted molar refractivity (Wildman–Crippen MR) is 82.4 cm³/mol. The molecule has 2 aromatic rings. The van der Waals surface area contributed by atoms with E-state index in [1.165, 1.54) is 0 Å². The van der Waals surface area contributed by atoms with Crippen LogP contribution in [0.4, 0.5) is 5.69 Å². The van der Waals surface area contributed by atoms with Crippen LogP contribution >= 0.6 is 0 Å². The van der Waals surface area contributed by atoms with Crippen LogP contribution in [0.5, 0.6) is 0 Å². The van der Waals surface area contributed by atoms with Crippen LogP contribution in [0.15, 0.2) is 54.6 Å². The smallest absolute Gasteiger partial charge is 0.245 e. The monoisotopic (exact) mass is 268 g/mol. The van der Waals surface area contributed by atoms with Crippen molar-refractivity contribution in [1.82, 2.24) is 5.43 Å². The van der Waals surface area contributed by atoms with Crippen molar-refractivity contribution < 1.29 is 4.79 Å². The Hall–Kier alpha value is -2.29. The highest BCUT2D eigenvalue weighted by Crippen LogP contribution is 2.19. The lowest BCUT2D eigenvalue weighted by Crippen LogP contribution is -2.34. The minimum absolute atomic E-state index is 0.0121. The van der Waals surface area contributed by atoms with Crippen molar-refractivity contribution in [3.63, 3.8) is 0 Å². The van der Waals surface area contributed by atoms with Gasteiger partial charge in [0.2, 0.25) is 5.91 Å². The molecule has 0 bridgehead atoms. The van der Waals surface area contributed by atoms with E-state index >= 15 is 0 Å². The summed E-state index contributed by atoms with van der Waals surface area (Å²) in [6.45, 7) is 4.02. The number of nitrogens with one attached hydrogen (secondary N) is 2. The van der Waals surface area contributed by atoms with Gasteiger partial charge in [-0.15, -0.1) is 0 Å². The molecule has 0 unspecified atom stereocenters. The molecule has 2 rings (SSSR count). The van der Waals surface area contributed by atoms with Gasteiger partial charge in [0.25, 0.3) is 0 Å². The molecule has 0 heterocycles. The van der Waals surface area contributed by atoms with Gasteiger partial charge in [-0.25, -0.2) is 0 Å². The van der Waals surface area contributed by atoms with Gasteiger partial charge in [-0.1, -0.05) is 55.5 Å². The van der Waals surface area contributed by atoms with Crippen molar-refractivity contribution in [1.29, 1.82) is 0 Å². The third-order valence-electron chi connectivity index (χ3n) is 3.39. The van der Waals surface area contributed by atoms with Crippen LogP contribution in [0.2, 0.25) is 0 Å². The SMILES string of the molecule is CC[C@H](C(=O)NNc1ccccc1C)c1ccccc1. The van der Waals surface area contributed by atoms with E-state index in [1.54, 1.807) is 0 Å². The van der Waals surface area contributed by atoms with Crippen molar-refractivity contribution in [2.75, 3.05) is 5.43 Å². The molecule has 3 nitrogen and oxygen atoms in total. The maximum atomic E-state index is 12.3. The summed E-state index contributed by atoms with van der Waals surface area (Å²) < 4.78 is 0. The zero-order valence-electron chi connectivity index (χ0n) is 11.9. The molecule has 0 fully saturated rings. The number of hydrogen-bond donors (Lipinski definition) is 2. The fourth-order valence-electron chi connectivity index (χ4n) is 2.19. The first kappa shape index (κ1) is 14.1. The van der Waals surface area contributed by atoms with Gasteiger partial charge >= 0.3 is 0 Å². The van der Waals surface area contributed by atoms with E-state index in [1.807, 2.05) is 68.4 Å². The topological polar surface area (TPSA) is 41.1 Å². The Bertz CT molecular complexity index is 566. The first-order chi connectivity index (χ1) is 9.72. The number of amides is 1. The largest absolute Gasteiger partial charge is 0.298 e. The summed E-state index contributed by atoms with van der Waals surface area (Å²) in [5.41, 5.74) is 8.86. The van der Waals surface area contributed by atoms with Gasteiger partial charge in [0, 0.05) is 0 Å². The Morgan fingerprint density at radius 1 is 1.05 bits per heavy atom. The maximum absolute atomic E-state index is 12.3. The maximum Gasteiger partial charge on any atom is 0.245 e. The second-order valence-electron chi connectivity index (χ2n) is 4.80. The summed E-state index contributed by atoms with van der Waals surface area (Å²) in [6, 6.07) is 17.7. The highest BCUT2D eigenvalue weighted by molar-refractivity contribution is 5.84. The minimum Gasteiger partial charge on any atom is -0.298 e. The van der Waals surface area contributed by atoms with Crippen molar-refractivity contribution in [3.05, 3.63) is 65.7 Å². The number of carbonyl (C=O) groups is 1. The molecule has 0 radical (unpaired) electrons. The molecule has 0 aliphatic carbocycles. The highest BCUT2D eigenvalue weighted by Gasteiger charge is 2.18. The lowest BCUT2D eigenvalue weighted by molar-refractivity contribution is -0.122. The molecular weight excluding hydrogens is 248 g/mol. The number of hydrogen-bond acceptors (Lipinski definition) is 2. The second kappa shape index (κ2) is 6.75. The number of rotatable bonds is 5. The fraction of sp³-hybridized carbons (Fsp3) is 0.235. The van der Waals surface area contributed by atoms with Crippen LogP contribution in [0.3, 0.4) is 0 Å². The molecular formula is C17H20N2O. The number of carbonyl (C=O) groups excluding carboxylic acids is 1. The van der Waals surface area contributed by atoms with E-state index in [0.717, 1.165) is 23.2 Å². The molecule has 0 aliphatic rings. The van der Waals surface area contributed by atoms with E-state index in [2.05, 4.69) is 10.9 Å². The van der Waals surface area contributed by atoms with Crippen LogP contribution in [0.1, 0.15) is 30.4 Å². The van der Waals surface area contributed by atoms with Crippen LogP contribution in [0.25, 0.3) is 0 Å². The fourth-order valence-corrected chi connectivity index (χ4v) is 2.19. The standard InChI is InChI=1S/C17H20N2O/c1-3-15(14-10-5-4-6-11-14)17(20)19-18-16-12-8-7-9-13(16)2/h4-12,15,18H,3H2,1-2H3,(H,19,20)/t15-/m0/s1. The predicted octanol–water partition coefficient (Wildman–Crippen LogP) is 3.63. The molecule has 0 saturated carbocycles. The van der Waals surface area contributed by atoms with E-state index in [9.17, 15) is 4.79 Å². The summed E-state index contributed by atoms with van der Waals surface area (Å²) >= 11 is 0. The van der Waals surface area contributed by atoms with Crippen LogP contribution < -0.4 is 10.9 Å². The zero-order chi connectivity index (χ0) is 14.4. The van der Waals surface area contributed by atoms with Crippen LogP contribution in [-0.4, -0.2) is 5.91 Å². The molecule has 20 heavy (non-hydrogen) atoms. The Morgan fingerprint density at radius 3 is 2.35 bits per heavy atom. The van der Waals surface area contributed by atoms with E-state index in [-0.39, 0.29) is 11.8 Å². The molecule has 2 aromatic carbocycles. The molecule has 104 valence electrons. The van der Waals surface area contributed by atoms with Gasteiger partial charge in [-0.05, 0) is 30.5 Å².